The Bertz CT molecular complexity index is 344. The van der Waals surface area contributed by atoms with Crippen LogP contribution in [0.5, 0.6) is 0 Å². The number of ketones is 1. The number of carbonyl (C=O) groups excluding carboxylic acids is 1. The van der Waals surface area contributed by atoms with Gasteiger partial charge in [-0.25, -0.2) is 0 Å². The van der Waals surface area contributed by atoms with E-state index in [9.17, 15) is 4.79 Å². The highest BCUT2D eigenvalue weighted by atomic mass is 32.2. The van der Waals surface area contributed by atoms with E-state index in [1.807, 2.05) is 0 Å². The molecule has 68 valence electrons. The third-order valence-corrected chi connectivity index (χ3v) is 3.20. The second kappa shape index (κ2) is 3.54. The smallest absolute Gasteiger partial charge is 0.137 e. The molecule has 1 nitrogen and oxygen atoms in total. The monoisotopic (exact) mass is 192 g/mol. The quantitative estimate of drug-likeness (QED) is 0.636. The highest BCUT2D eigenvalue weighted by Crippen LogP contribution is 2.24. The third-order valence-electron chi connectivity index (χ3n) is 2.47. The van der Waals surface area contributed by atoms with Crippen LogP contribution in [0, 0.1) is 0 Å². The first-order valence-electron chi connectivity index (χ1n) is 4.47. The van der Waals surface area contributed by atoms with E-state index in [0.29, 0.717) is 12.2 Å². The Labute approximate surface area is 82.5 Å². The van der Waals surface area contributed by atoms with E-state index in [2.05, 4.69) is 24.5 Å². The van der Waals surface area contributed by atoms with Gasteiger partial charge in [-0.3, -0.25) is 4.79 Å². The van der Waals surface area contributed by atoms with E-state index in [1.54, 1.807) is 11.8 Å². The zero-order valence-corrected chi connectivity index (χ0v) is 8.49. The predicted molar refractivity (Wildman–Crippen MR) is 55.3 cm³/mol. The summed E-state index contributed by atoms with van der Waals surface area (Å²) in [6, 6.07) is 6.41. The molecule has 0 saturated heterocycles. The first-order chi connectivity index (χ1) is 6.29. The van der Waals surface area contributed by atoms with E-state index in [4.69, 9.17) is 0 Å². The highest BCUT2D eigenvalue weighted by Gasteiger charge is 2.14. The number of rotatable bonds is 1. The lowest BCUT2D eigenvalue weighted by Gasteiger charge is -2.15. The molecule has 0 saturated carbocycles. The average molecular weight is 192 g/mol. The van der Waals surface area contributed by atoms with E-state index < -0.39 is 0 Å². The highest BCUT2D eigenvalue weighted by molar-refractivity contribution is 7.98. The van der Waals surface area contributed by atoms with Gasteiger partial charge in [0.2, 0.25) is 0 Å². The number of aryl methyl sites for hydroxylation is 1. The van der Waals surface area contributed by atoms with Gasteiger partial charge in [-0.05, 0) is 35.9 Å². The van der Waals surface area contributed by atoms with Gasteiger partial charge in [0.05, 0.1) is 0 Å². The van der Waals surface area contributed by atoms with Crippen LogP contribution in [0.4, 0.5) is 0 Å². The summed E-state index contributed by atoms with van der Waals surface area (Å²) in [4.78, 5) is 12.5. The number of hydrogen-bond acceptors (Lipinski definition) is 2. The van der Waals surface area contributed by atoms with Crippen LogP contribution in [0.25, 0.3) is 0 Å². The van der Waals surface area contributed by atoms with Crippen molar-refractivity contribution in [3.05, 3.63) is 29.3 Å². The molecular weight excluding hydrogens is 180 g/mol. The minimum Gasteiger partial charge on any atom is -0.299 e. The fourth-order valence-electron chi connectivity index (χ4n) is 1.71. The number of thioether (sulfide) groups is 1. The van der Waals surface area contributed by atoms with Crippen molar-refractivity contribution >= 4 is 17.5 Å². The molecule has 2 rings (SSSR count). The summed E-state index contributed by atoms with van der Waals surface area (Å²) in [6.45, 7) is 0. The van der Waals surface area contributed by atoms with Gasteiger partial charge in [-0.2, -0.15) is 0 Å². The normalized spacial score (nSPS) is 15.6. The molecule has 1 aliphatic carbocycles. The molecule has 0 unspecified atom stereocenters. The Morgan fingerprint density at radius 1 is 1.23 bits per heavy atom. The zero-order chi connectivity index (χ0) is 9.26. The molecule has 0 spiro atoms. The van der Waals surface area contributed by atoms with Crippen molar-refractivity contribution in [3.63, 3.8) is 0 Å². The first kappa shape index (κ1) is 8.82. The number of hydrogen-bond donors (Lipinski definition) is 0. The summed E-state index contributed by atoms with van der Waals surface area (Å²) in [5.41, 5.74) is 2.60. The average Bonchev–Trinajstić information content (AvgIpc) is 2.17. The van der Waals surface area contributed by atoms with Crippen molar-refractivity contribution in [3.8, 4) is 0 Å². The van der Waals surface area contributed by atoms with Gasteiger partial charge in [0.25, 0.3) is 0 Å². The zero-order valence-electron chi connectivity index (χ0n) is 7.67. The summed E-state index contributed by atoms with van der Waals surface area (Å²) >= 11 is 1.76. The molecule has 1 aromatic carbocycles. The third kappa shape index (κ3) is 1.78. The topological polar surface area (TPSA) is 17.1 Å². The van der Waals surface area contributed by atoms with Crippen LogP contribution in [0.3, 0.4) is 0 Å². The summed E-state index contributed by atoms with van der Waals surface area (Å²) in [5, 5.41) is 0. The Kier molecular flexibility index (Phi) is 2.40. The maximum atomic E-state index is 11.2. The van der Waals surface area contributed by atoms with Gasteiger partial charge in [-0.15, -0.1) is 11.8 Å². The van der Waals surface area contributed by atoms with Crippen molar-refractivity contribution in [2.75, 3.05) is 6.26 Å². The molecule has 1 aliphatic rings. The molecule has 0 amide bonds. The van der Waals surface area contributed by atoms with E-state index in [0.717, 1.165) is 12.8 Å². The number of fused-ring (bicyclic) bond motifs is 1. The van der Waals surface area contributed by atoms with Crippen molar-refractivity contribution < 1.29 is 4.79 Å². The Balaban J connectivity index is 2.36. The summed E-state index contributed by atoms with van der Waals surface area (Å²) < 4.78 is 0. The Morgan fingerprint density at radius 3 is 2.85 bits per heavy atom. The van der Waals surface area contributed by atoms with Crippen molar-refractivity contribution in [1.29, 1.82) is 0 Å². The van der Waals surface area contributed by atoms with Crippen LogP contribution in [-0.4, -0.2) is 12.0 Å². The van der Waals surface area contributed by atoms with Gasteiger partial charge < -0.3 is 0 Å². The van der Waals surface area contributed by atoms with E-state index >= 15 is 0 Å². The molecular formula is C11H12OS. The fraction of sp³-hybridized carbons (Fsp3) is 0.364. The molecule has 0 radical (unpaired) electrons. The standard InChI is InChI=1S/C11H12OS/c1-13-11-5-3-8-6-10(12)4-2-9(8)7-11/h3,5,7H,2,4,6H2,1H3. The van der Waals surface area contributed by atoms with Crippen LogP contribution in [0.2, 0.25) is 0 Å². The first-order valence-corrected chi connectivity index (χ1v) is 5.69. The minimum absolute atomic E-state index is 0.379. The second-order valence-corrected chi connectivity index (χ2v) is 4.23. The van der Waals surface area contributed by atoms with Gasteiger partial charge >= 0.3 is 0 Å². The lowest BCUT2D eigenvalue weighted by atomic mass is 9.91. The molecule has 1 aromatic rings. The molecule has 0 fully saturated rings. The summed E-state index contributed by atoms with van der Waals surface area (Å²) in [7, 11) is 0. The molecule has 0 atom stereocenters. The van der Waals surface area contributed by atoms with Gasteiger partial charge in [0.1, 0.15) is 5.78 Å². The molecule has 0 N–H and O–H groups in total. The SMILES string of the molecule is CSc1ccc2c(c1)CCC(=O)C2. The summed E-state index contributed by atoms with van der Waals surface area (Å²) in [5.74, 6) is 0.379. The van der Waals surface area contributed by atoms with Crippen LogP contribution < -0.4 is 0 Å². The van der Waals surface area contributed by atoms with Crippen LogP contribution >= 0.6 is 11.8 Å². The van der Waals surface area contributed by atoms with Gasteiger partial charge in [0, 0.05) is 17.7 Å². The molecule has 13 heavy (non-hydrogen) atoms. The predicted octanol–water partition coefficient (Wildman–Crippen LogP) is 2.47. The van der Waals surface area contributed by atoms with Gasteiger partial charge in [-0.1, -0.05) is 6.07 Å². The molecule has 2 heteroatoms. The fourth-order valence-corrected chi connectivity index (χ4v) is 2.17. The largest absolute Gasteiger partial charge is 0.299 e. The molecule has 0 bridgehead atoms. The number of Topliss-reactive ketones (excluding diaryl/α,β-unsaturated/α-hetero) is 1. The molecule has 0 aliphatic heterocycles. The van der Waals surface area contributed by atoms with Gasteiger partial charge in [0.15, 0.2) is 0 Å². The molecule has 0 heterocycles. The Hall–Kier alpha value is -0.760. The lowest BCUT2D eigenvalue weighted by molar-refractivity contribution is -0.118. The van der Waals surface area contributed by atoms with Crippen LogP contribution in [0.1, 0.15) is 17.5 Å². The number of benzene rings is 1. The second-order valence-electron chi connectivity index (χ2n) is 3.35. The lowest BCUT2D eigenvalue weighted by Crippen LogP contribution is -2.12. The minimum atomic E-state index is 0.379. The molecule has 0 aromatic heterocycles. The van der Waals surface area contributed by atoms with Crippen LogP contribution in [-0.2, 0) is 17.6 Å². The maximum Gasteiger partial charge on any atom is 0.137 e. The van der Waals surface area contributed by atoms with Crippen LogP contribution in [0.15, 0.2) is 23.1 Å². The van der Waals surface area contributed by atoms with E-state index in [-0.39, 0.29) is 0 Å². The summed E-state index contributed by atoms with van der Waals surface area (Å²) in [6.07, 6.45) is 4.38. The van der Waals surface area contributed by atoms with Crippen molar-refractivity contribution in [2.45, 2.75) is 24.2 Å². The van der Waals surface area contributed by atoms with E-state index in [1.165, 1.54) is 16.0 Å². The van der Waals surface area contributed by atoms with Crippen molar-refractivity contribution in [1.82, 2.24) is 0 Å². The number of carbonyl (C=O) groups is 1. The maximum absolute atomic E-state index is 11.2. The Morgan fingerprint density at radius 2 is 2.08 bits per heavy atom. The van der Waals surface area contributed by atoms with Crippen molar-refractivity contribution in [2.24, 2.45) is 0 Å².